The van der Waals surface area contributed by atoms with Gasteiger partial charge in [0.2, 0.25) is 0 Å². The van der Waals surface area contributed by atoms with Crippen LogP contribution in [0.5, 0.6) is 0 Å². The minimum absolute atomic E-state index is 0.232. The second-order valence-electron chi connectivity index (χ2n) is 3.01. The van der Waals surface area contributed by atoms with E-state index in [4.69, 9.17) is 5.73 Å². The van der Waals surface area contributed by atoms with E-state index in [0.717, 1.165) is 0 Å². The molecule has 86 valence electrons. The summed E-state index contributed by atoms with van der Waals surface area (Å²) >= 11 is 0. The van der Waals surface area contributed by atoms with Gasteiger partial charge in [0.15, 0.2) is 0 Å². The molecule has 0 saturated carbocycles. The van der Waals surface area contributed by atoms with Crippen LogP contribution in [0.3, 0.4) is 0 Å². The second-order valence-corrected chi connectivity index (χ2v) is 3.01. The molecule has 0 atom stereocenters. The number of rotatable bonds is 3. The molecule has 1 rings (SSSR count). The van der Waals surface area contributed by atoms with Gasteiger partial charge in [0, 0.05) is 18.8 Å². The lowest BCUT2D eigenvalue weighted by Gasteiger charge is -2.05. The minimum atomic E-state index is -0.806. The highest BCUT2D eigenvalue weighted by atomic mass is 19.1. The second kappa shape index (κ2) is 5.82. The van der Waals surface area contributed by atoms with Crippen LogP contribution in [0.15, 0.2) is 24.3 Å². The zero-order valence-corrected chi connectivity index (χ0v) is 8.50. The number of halogens is 1. The van der Waals surface area contributed by atoms with Gasteiger partial charge in [-0.2, -0.15) is 0 Å². The SMILES string of the molecule is NCCNC(=O)C(=O)Nc1ccc(F)cc1. The van der Waals surface area contributed by atoms with Crippen molar-refractivity contribution in [1.29, 1.82) is 0 Å². The van der Waals surface area contributed by atoms with Gasteiger partial charge in [-0.15, -0.1) is 0 Å². The smallest absolute Gasteiger partial charge is 0.313 e. The first-order valence-corrected chi connectivity index (χ1v) is 4.68. The predicted molar refractivity (Wildman–Crippen MR) is 57.1 cm³/mol. The van der Waals surface area contributed by atoms with Crippen molar-refractivity contribution in [2.45, 2.75) is 0 Å². The Labute approximate surface area is 91.8 Å². The van der Waals surface area contributed by atoms with Crippen molar-refractivity contribution in [2.24, 2.45) is 5.73 Å². The maximum atomic E-state index is 12.5. The standard InChI is InChI=1S/C10H12FN3O2/c11-7-1-3-8(4-2-7)14-10(16)9(15)13-6-5-12/h1-4H,5-6,12H2,(H,13,15)(H,14,16). The normalized spacial score (nSPS) is 9.62. The van der Waals surface area contributed by atoms with Gasteiger partial charge in [-0.3, -0.25) is 9.59 Å². The van der Waals surface area contributed by atoms with Crippen LogP contribution >= 0.6 is 0 Å². The molecule has 0 saturated heterocycles. The third-order valence-corrected chi connectivity index (χ3v) is 1.74. The molecule has 0 aliphatic heterocycles. The molecule has 0 unspecified atom stereocenters. The average molecular weight is 225 g/mol. The minimum Gasteiger partial charge on any atom is -0.347 e. The molecule has 0 aliphatic rings. The Morgan fingerprint density at radius 2 is 1.81 bits per heavy atom. The predicted octanol–water partition coefficient (Wildman–Crippen LogP) is -0.161. The topological polar surface area (TPSA) is 84.2 Å². The fourth-order valence-electron chi connectivity index (χ4n) is 0.987. The van der Waals surface area contributed by atoms with E-state index in [2.05, 4.69) is 10.6 Å². The third-order valence-electron chi connectivity index (χ3n) is 1.74. The summed E-state index contributed by atoms with van der Waals surface area (Å²) in [5.74, 6) is -1.99. The van der Waals surface area contributed by atoms with Gasteiger partial charge < -0.3 is 16.4 Å². The number of hydrogen-bond donors (Lipinski definition) is 3. The van der Waals surface area contributed by atoms with Crippen molar-refractivity contribution < 1.29 is 14.0 Å². The monoisotopic (exact) mass is 225 g/mol. The molecule has 16 heavy (non-hydrogen) atoms. The zero-order chi connectivity index (χ0) is 12.0. The van der Waals surface area contributed by atoms with Crippen LogP contribution in [0.1, 0.15) is 0 Å². The molecule has 2 amide bonds. The zero-order valence-electron chi connectivity index (χ0n) is 8.50. The van der Waals surface area contributed by atoms with Gasteiger partial charge in [0.05, 0.1) is 0 Å². The highest BCUT2D eigenvalue weighted by Gasteiger charge is 2.12. The lowest BCUT2D eigenvalue weighted by molar-refractivity contribution is -0.136. The van der Waals surface area contributed by atoms with Crippen LogP contribution in [0.4, 0.5) is 10.1 Å². The molecule has 0 aromatic heterocycles. The van der Waals surface area contributed by atoms with E-state index >= 15 is 0 Å². The molecule has 0 bridgehead atoms. The molecule has 5 nitrogen and oxygen atoms in total. The first kappa shape index (κ1) is 12.1. The number of amides is 2. The molecule has 0 spiro atoms. The van der Waals surface area contributed by atoms with Crippen molar-refractivity contribution >= 4 is 17.5 Å². The Kier molecular flexibility index (Phi) is 4.41. The summed E-state index contributed by atoms with van der Waals surface area (Å²) in [6.07, 6.45) is 0. The molecular formula is C10H12FN3O2. The maximum absolute atomic E-state index is 12.5. The molecule has 0 aliphatic carbocycles. The maximum Gasteiger partial charge on any atom is 0.313 e. The van der Waals surface area contributed by atoms with Gasteiger partial charge in [0.25, 0.3) is 0 Å². The largest absolute Gasteiger partial charge is 0.347 e. The quantitative estimate of drug-likeness (QED) is 0.625. The number of carbonyl (C=O) groups is 2. The van der Waals surface area contributed by atoms with E-state index in [-0.39, 0.29) is 13.1 Å². The Hall–Kier alpha value is -1.95. The Bertz CT molecular complexity index is 378. The number of nitrogens with two attached hydrogens (primary N) is 1. The van der Waals surface area contributed by atoms with E-state index < -0.39 is 17.6 Å². The number of hydrogen-bond acceptors (Lipinski definition) is 3. The summed E-state index contributed by atoms with van der Waals surface area (Å²) in [6, 6.07) is 5.10. The van der Waals surface area contributed by atoms with E-state index in [1.54, 1.807) is 0 Å². The molecule has 1 aromatic rings. The van der Waals surface area contributed by atoms with Crippen LogP contribution in [0.2, 0.25) is 0 Å². The molecule has 0 fully saturated rings. The van der Waals surface area contributed by atoms with Gasteiger partial charge >= 0.3 is 11.8 Å². The fraction of sp³-hybridized carbons (Fsp3) is 0.200. The van der Waals surface area contributed by atoms with Crippen molar-refractivity contribution in [3.63, 3.8) is 0 Å². The lowest BCUT2D eigenvalue weighted by Crippen LogP contribution is -2.37. The summed E-state index contributed by atoms with van der Waals surface area (Å²) < 4.78 is 12.5. The van der Waals surface area contributed by atoms with E-state index in [1.807, 2.05) is 0 Å². The number of anilines is 1. The molecule has 4 N–H and O–H groups in total. The van der Waals surface area contributed by atoms with Gasteiger partial charge in [-0.1, -0.05) is 0 Å². The Balaban J connectivity index is 2.51. The highest BCUT2D eigenvalue weighted by Crippen LogP contribution is 2.07. The Morgan fingerprint density at radius 1 is 1.19 bits per heavy atom. The third kappa shape index (κ3) is 3.66. The average Bonchev–Trinajstić information content (AvgIpc) is 2.29. The first-order chi connectivity index (χ1) is 7.63. The summed E-state index contributed by atoms with van der Waals surface area (Å²) in [4.78, 5) is 22.4. The van der Waals surface area contributed by atoms with Crippen molar-refractivity contribution in [3.8, 4) is 0 Å². The highest BCUT2D eigenvalue weighted by molar-refractivity contribution is 6.39. The molecule has 0 radical (unpaired) electrons. The molecule has 6 heteroatoms. The van der Waals surface area contributed by atoms with Gasteiger partial charge in [0.1, 0.15) is 5.82 Å². The number of carbonyl (C=O) groups excluding carboxylic acids is 2. The van der Waals surface area contributed by atoms with Crippen LogP contribution in [-0.4, -0.2) is 24.9 Å². The summed E-state index contributed by atoms with van der Waals surface area (Å²) in [6.45, 7) is 0.491. The van der Waals surface area contributed by atoms with E-state index in [0.29, 0.717) is 5.69 Å². The first-order valence-electron chi connectivity index (χ1n) is 4.68. The fourth-order valence-corrected chi connectivity index (χ4v) is 0.987. The summed E-state index contributed by atoms with van der Waals surface area (Å²) in [5, 5.41) is 4.63. The van der Waals surface area contributed by atoms with Gasteiger partial charge in [-0.05, 0) is 24.3 Å². The van der Waals surface area contributed by atoms with Crippen molar-refractivity contribution in [1.82, 2.24) is 5.32 Å². The number of benzene rings is 1. The lowest BCUT2D eigenvalue weighted by atomic mass is 10.3. The summed E-state index contributed by atoms with van der Waals surface area (Å²) in [7, 11) is 0. The van der Waals surface area contributed by atoms with Gasteiger partial charge in [-0.25, -0.2) is 4.39 Å². The van der Waals surface area contributed by atoms with E-state index in [1.165, 1.54) is 24.3 Å². The molecular weight excluding hydrogens is 213 g/mol. The Morgan fingerprint density at radius 3 is 2.38 bits per heavy atom. The molecule has 1 aromatic carbocycles. The summed E-state index contributed by atoms with van der Waals surface area (Å²) in [5.41, 5.74) is 5.51. The van der Waals surface area contributed by atoms with Crippen molar-refractivity contribution in [3.05, 3.63) is 30.1 Å². The van der Waals surface area contributed by atoms with Crippen LogP contribution < -0.4 is 16.4 Å². The molecule has 0 heterocycles. The van der Waals surface area contributed by atoms with Crippen LogP contribution in [0, 0.1) is 5.82 Å². The van der Waals surface area contributed by atoms with Crippen LogP contribution in [0.25, 0.3) is 0 Å². The van der Waals surface area contributed by atoms with E-state index in [9.17, 15) is 14.0 Å². The van der Waals surface area contributed by atoms with Crippen LogP contribution in [-0.2, 0) is 9.59 Å². The van der Waals surface area contributed by atoms with Crippen molar-refractivity contribution in [2.75, 3.05) is 18.4 Å². The number of nitrogens with one attached hydrogen (secondary N) is 2.